The number of benzene rings is 3. The van der Waals surface area contributed by atoms with E-state index in [0.29, 0.717) is 27.8 Å². The third kappa shape index (κ3) is 3.26. The Bertz CT molecular complexity index is 1160. The number of hydrogen-bond acceptors (Lipinski definition) is 4. The van der Waals surface area contributed by atoms with Gasteiger partial charge in [-0.05, 0) is 24.6 Å². The summed E-state index contributed by atoms with van der Waals surface area (Å²) in [5.41, 5.74) is 4.41. The monoisotopic (exact) mass is 436 g/mol. The quantitative estimate of drug-likeness (QED) is 0.468. The topological polar surface area (TPSA) is 41.9 Å². The number of halogens is 2. The summed E-state index contributed by atoms with van der Waals surface area (Å²) in [5.74, 6) is 0.340. The highest BCUT2D eigenvalue weighted by atomic mass is 35.5. The third-order valence-corrected chi connectivity index (χ3v) is 5.97. The van der Waals surface area contributed by atoms with Gasteiger partial charge in [0.2, 0.25) is 5.78 Å². The zero-order valence-corrected chi connectivity index (χ0v) is 17.7. The van der Waals surface area contributed by atoms with Crippen LogP contribution >= 0.6 is 23.2 Å². The molecule has 2 aliphatic heterocycles. The van der Waals surface area contributed by atoms with Crippen LogP contribution in [0.1, 0.15) is 39.5 Å². The molecule has 3 aromatic rings. The number of fused-ring (bicyclic) bond motifs is 3. The Morgan fingerprint density at radius 3 is 2.53 bits per heavy atom. The van der Waals surface area contributed by atoms with Gasteiger partial charge < -0.3 is 4.74 Å². The fraction of sp³-hybridized carbons (Fsp3) is 0.167. The molecule has 0 fully saturated rings. The fourth-order valence-electron chi connectivity index (χ4n) is 3.95. The Morgan fingerprint density at radius 2 is 1.80 bits per heavy atom. The maximum Gasteiger partial charge on any atom is 0.251 e. The molecule has 5 rings (SSSR count). The number of Topliss-reactive ketones (excluding diaryl/α,β-unsaturated/α-hetero) is 1. The van der Waals surface area contributed by atoms with Crippen molar-refractivity contribution in [1.82, 2.24) is 5.01 Å². The van der Waals surface area contributed by atoms with Crippen LogP contribution in [-0.4, -0.2) is 22.7 Å². The van der Waals surface area contributed by atoms with Gasteiger partial charge in [-0.2, -0.15) is 5.10 Å². The standard InChI is InChI=1S/C24H18Cl2N2O2/c1-14-7-9-16(10-8-14)22(29)24-28-21(13-20(27-28)15-5-3-2-4-6-15)18-11-17(25)12-19(26)23(18)30-24/h2-12,21,24H,13H2,1H3. The van der Waals surface area contributed by atoms with Crippen LogP contribution in [0.15, 0.2) is 71.8 Å². The fourth-order valence-corrected chi connectivity index (χ4v) is 4.51. The molecule has 0 bridgehead atoms. The Hall–Kier alpha value is -2.82. The maximum atomic E-state index is 13.4. The molecule has 150 valence electrons. The molecule has 4 nitrogen and oxygen atoms in total. The average Bonchev–Trinajstić information content (AvgIpc) is 3.20. The van der Waals surface area contributed by atoms with E-state index in [2.05, 4.69) is 0 Å². The number of rotatable bonds is 3. The van der Waals surface area contributed by atoms with Crippen LogP contribution in [0, 0.1) is 6.92 Å². The van der Waals surface area contributed by atoms with Crippen LogP contribution in [0.4, 0.5) is 0 Å². The Balaban J connectivity index is 1.60. The number of carbonyl (C=O) groups is 1. The molecular weight excluding hydrogens is 419 g/mol. The first-order valence-corrected chi connectivity index (χ1v) is 10.4. The first kappa shape index (κ1) is 19.2. The van der Waals surface area contributed by atoms with E-state index in [4.69, 9.17) is 33.0 Å². The summed E-state index contributed by atoms with van der Waals surface area (Å²) in [6.07, 6.45) is -0.264. The van der Waals surface area contributed by atoms with Crippen molar-refractivity contribution in [2.24, 2.45) is 5.10 Å². The predicted octanol–water partition coefficient (Wildman–Crippen LogP) is 6.05. The van der Waals surface area contributed by atoms with Crippen LogP contribution < -0.4 is 4.74 Å². The van der Waals surface area contributed by atoms with Gasteiger partial charge in [-0.25, -0.2) is 5.01 Å². The molecule has 0 aromatic heterocycles. The summed E-state index contributed by atoms with van der Waals surface area (Å²) in [6, 6.07) is 20.7. The lowest BCUT2D eigenvalue weighted by molar-refractivity contribution is -0.00447. The zero-order valence-electron chi connectivity index (χ0n) is 16.2. The number of ether oxygens (including phenoxy) is 1. The van der Waals surface area contributed by atoms with Crippen molar-refractivity contribution < 1.29 is 9.53 Å². The molecule has 0 saturated heterocycles. The van der Waals surface area contributed by atoms with Gasteiger partial charge in [0.15, 0.2) is 0 Å². The van der Waals surface area contributed by atoms with Gasteiger partial charge in [-0.3, -0.25) is 4.79 Å². The highest BCUT2D eigenvalue weighted by molar-refractivity contribution is 6.35. The van der Waals surface area contributed by atoms with Gasteiger partial charge in [0, 0.05) is 22.6 Å². The minimum Gasteiger partial charge on any atom is -0.459 e. The minimum absolute atomic E-state index is 0.158. The molecule has 3 aromatic carbocycles. The predicted molar refractivity (Wildman–Crippen MR) is 119 cm³/mol. The smallest absolute Gasteiger partial charge is 0.251 e. The van der Waals surface area contributed by atoms with E-state index < -0.39 is 6.23 Å². The highest BCUT2D eigenvalue weighted by Gasteiger charge is 2.44. The van der Waals surface area contributed by atoms with Crippen molar-refractivity contribution in [1.29, 1.82) is 0 Å². The minimum atomic E-state index is -0.898. The molecule has 2 atom stereocenters. The van der Waals surface area contributed by atoms with Crippen LogP contribution in [-0.2, 0) is 0 Å². The van der Waals surface area contributed by atoms with Gasteiger partial charge in [0.05, 0.1) is 16.8 Å². The molecule has 0 spiro atoms. The van der Waals surface area contributed by atoms with Crippen molar-refractivity contribution in [3.63, 3.8) is 0 Å². The zero-order chi connectivity index (χ0) is 20.8. The number of hydrogen-bond donors (Lipinski definition) is 0. The van der Waals surface area contributed by atoms with Gasteiger partial charge in [-0.1, -0.05) is 83.4 Å². The van der Waals surface area contributed by atoms with Crippen molar-refractivity contribution >= 4 is 34.7 Å². The van der Waals surface area contributed by atoms with Crippen LogP contribution in [0.2, 0.25) is 10.0 Å². The second kappa shape index (κ2) is 7.46. The molecule has 0 amide bonds. The van der Waals surface area contributed by atoms with E-state index in [1.807, 2.05) is 67.6 Å². The van der Waals surface area contributed by atoms with Gasteiger partial charge in [0.25, 0.3) is 6.23 Å². The third-order valence-electron chi connectivity index (χ3n) is 5.48. The average molecular weight is 437 g/mol. The van der Waals surface area contributed by atoms with Crippen molar-refractivity contribution in [2.45, 2.75) is 25.6 Å². The number of aryl methyl sites for hydroxylation is 1. The van der Waals surface area contributed by atoms with Crippen LogP contribution in [0.3, 0.4) is 0 Å². The van der Waals surface area contributed by atoms with E-state index in [-0.39, 0.29) is 11.8 Å². The van der Waals surface area contributed by atoms with Gasteiger partial charge in [0.1, 0.15) is 5.75 Å². The Kier molecular flexibility index (Phi) is 4.76. The maximum absolute atomic E-state index is 13.4. The van der Waals surface area contributed by atoms with Crippen molar-refractivity contribution in [3.05, 3.63) is 99.0 Å². The number of nitrogens with zero attached hydrogens (tertiary/aromatic N) is 2. The lowest BCUT2D eigenvalue weighted by Gasteiger charge is -2.37. The van der Waals surface area contributed by atoms with Gasteiger partial charge in [-0.15, -0.1) is 0 Å². The highest BCUT2D eigenvalue weighted by Crippen LogP contribution is 2.47. The molecule has 2 unspecified atom stereocenters. The van der Waals surface area contributed by atoms with Gasteiger partial charge >= 0.3 is 0 Å². The summed E-state index contributed by atoms with van der Waals surface area (Å²) in [4.78, 5) is 13.4. The molecule has 6 heteroatoms. The largest absolute Gasteiger partial charge is 0.459 e. The molecule has 0 N–H and O–H groups in total. The number of hydrazone groups is 1. The van der Waals surface area contributed by atoms with E-state index in [1.165, 1.54) is 0 Å². The summed E-state index contributed by atoms with van der Waals surface area (Å²) in [5, 5.41) is 7.47. The van der Waals surface area contributed by atoms with Crippen molar-refractivity contribution in [3.8, 4) is 5.75 Å². The SMILES string of the molecule is Cc1ccc(C(=O)C2Oc3c(Cl)cc(Cl)cc3C3CC(c4ccccc4)=NN23)cc1. The first-order valence-electron chi connectivity index (χ1n) is 9.69. The summed E-state index contributed by atoms with van der Waals surface area (Å²) in [6.45, 7) is 1.98. The van der Waals surface area contributed by atoms with E-state index in [1.54, 1.807) is 11.1 Å². The lowest BCUT2D eigenvalue weighted by Crippen LogP contribution is -2.46. The molecule has 0 saturated carbocycles. The second-order valence-corrected chi connectivity index (χ2v) is 8.36. The Morgan fingerprint density at radius 1 is 1.07 bits per heavy atom. The molecule has 2 aliphatic rings. The summed E-state index contributed by atoms with van der Waals surface area (Å²) >= 11 is 12.7. The molecule has 30 heavy (non-hydrogen) atoms. The second-order valence-electron chi connectivity index (χ2n) is 7.52. The molecule has 0 aliphatic carbocycles. The van der Waals surface area contributed by atoms with Crippen molar-refractivity contribution in [2.75, 3.05) is 0 Å². The Labute approximate surface area is 184 Å². The normalized spacial score (nSPS) is 19.6. The molecule has 2 heterocycles. The van der Waals surface area contributed by atoms with E-state index in [9.17, 15) is 4.79 Å². The molecule has 0 radical (unpaired) electrons. The van der Waals surface area contributed by atoms with Crippen LogP contribution in [0.5, 0.6) is 5.75 Å². The molecular formula is C24H18Cl2N2O2. The van der Waals surface area contributed by atoms with E-state index >= 15 is 0 Å². The van der Waals surface area contributed by atoms with Crippen LogP contribution in [0.25, 0.3) is 0 Å². The lowest BCUT2D eigenvalue weighted by atomic mass is 9.95. The first-order chi connectivity index (χ1) is 14.5. The summed E-state index contributed by atoms with van der Waals surface area (Å²) in [7, 11) is 0. The van der Waals surface area contributed by atoms with E-state index in [0.717, 1.165) is 22.4 Å². The number of carbonyl (C=O) groups excluding carboxylic acids is 1. The number of ketones is 1. The summed E-state index contributed by atoms with van der Waals surface area (Å²) < 4.78 is 6.14.